The second-order valence-corrected chi connectivity index (χ2v) is 8.59. The van der Waals surface area contributed by atoms with Crippen LogP contribution < -0.4 is 10.4 Å². The summed E-state index contributed by atoms with van der Waals surface area (Å²) in [5.74, 6) is 0.586. The highest BCUT2D eigenvalue weighted by molar-refractivity contribution is 5.89. The summed E-state index contributed by atoms with van der Waals surface area (Å²) in [5, 5.41) is 0.742. The lowest BCUT2D eigenvalue weighted by atomic mass is 9.99. The molecule has 1 aromatic carbocycles. The van der Waals surface area contributed by atoms with Crippen LogP contribution in [-0.2, 0) is 11.2 Å². The molecule has 0 saturated carbocycles. The number of rotatable bonds is 6. The van der Waals surface area contributed by atoms with Crippen LogP contribution in [0.2, 0.25) is 0 Å². The van der Waals surface area contributed by atoms with E-state index in [-0.39, 0.29) is 18.4 Å². The van der Waals surface area contributed by atoms with Gasteiger partial charge in [-0.2, -0.15) is 0 Å². The largest absolute Gasteiger partial charge is 0.488 e. The molecular weight excluding hydrogens is 380 g/mol. The van der Waals surface area contributed by atoms with Crippen LogP contribution in [0, 0.1) is 13.8 Å². The highest BCUT2D eigenvalue weighted by atomic mass is 16.5. The van der Waals surface area contributed by atoms with Gasteiger partial charge in [-0.15, -0.1) is 0 Å². The number of hydrogen-bond donors (Lipinski definition) is 0. The van der Waals surface area contributed by atoms with Gasteiger partial charge in [0.1, 0.15) is 17.9 Å². The number of fused-ring (bicyclic) bond motifs is 1. The third kappa shape index (κ3) is 4.75. The van der Waals surface area contributed by atoms with E-state index in [1.54, 1.807) is 4.90 Å². The van der Waals surface area contributed by atoms with Gasteiger partial charge in [0.05, 0.1) is 17.4 Å². The maximum Gasteiger partial charge on any atom is 0.340 e. The van der Waals surface area contributed by atoms with Crippen molar-refractivity contribution in [1.29, 1.82) is 0 Å². The molecule has 6 heteroatoms. The number of benzene rings is 1. The number of likely N-dealkylation sites (N-methyl/N-ethyl adjacent to an activating group) is 1. The van der Waals surface area contributed by atoms with Gasteiger partial charge < -0.3 is 19.0 Å². The quantitative estimate of drug-likeness (QED) is 0.537. The average Bonchev–Trinajstić information content (AvgIpc) is 2.68. The molecule has 1 aliphatic heterocycles. The fraction of sp³-hybridized carbons (Fsp3) is 0.500. The highest BCUT2D eigenvalue weighted by Crippen LogP contribution is 2.31. The third-order valence-electron chi connectivity index (χ3n) is 5.92. The Labute approximate surface area is 178 Å². The molecular formula is C24H32N2O4. The van der Waals surface area contributed by atoms with Crippen molar-refractivity contribution in [2.24, 2.45) is 0 Å². The summed E-state index contributed by atoms with van der Waals surface area (Å²) in [4.78, 5) is 29.8. The smallest absolute Gasteiger partial charge is 0.340 e. The van der Waals surface area contributed by atoms with Gasteiger partial charge in [-0.25, -0.2) is 4.79 Å². The Bertz CT molecular complexity index is 1020. The Morgan fingerprint density at radius 1 is 1.30 bits per heavy atom. The second kappa shape index (κ2) is 9.04. The summed E-state index contributed by atoms with van der Waals surface area (Å²) in [6.45, 7) is 11.9. The van der Waals surface area contributed by atoms with Gasteiger partial charge in [-0.1, -0.05) is 6.58 Å². The number of carbonyl (C=O) groups is 1. The molecule has 0 radical (unpaired) electrons. The standard InChI is InChI=1S/C24H32N2O4/c1-15(2)14-29-20-11-16(3)12-21-23(20)17(4)19(24(28)30-21)13-22(27)26(6)18-7-9-25(5)10-8-18/h11-12,18H,1,7-10,13-14H2,2-6H3. The van der Waals surface area contributed by atoms with Gasteiger partial charge in [-0.3, -0.25) is 4.79 Å². The van der Waals surface area contributed by atoms with E-state index in [2.05, 4.69) is 18.5 Å². The first-order valence-electron chi connectivity index (χ1n) is 10.5. The van der Waals surface area contributed by atoms with Gasteiger partial charge in [0.2, 0.25) is 5.91 Å². The van der Waals surface area contributed by atoms with E-state index in [0.29, 0.717) is 23.5 Å². The summed E-state index contributed by atoms with van der Waals surface area (Å²) in [6, 6.07) is 3.96. The summed E-state index contributed by atoms with van der Waals surface area (Å²) in [7, 11) is 3.93. The predicted molar refractivity (Wildman–Crippen MR) is 119 cm³/mol. The molecule has 2 heterocycles. The molecule has 1 aliphatic rings. The van der Waals surface area contributed by atoms with E-state index in [1.165, 1.54) is 0 Å². The number of piperidine rings is 1. The number of carbonyl (C=O) groups excluding carboxylic acids is 1. The van der Waals surface area contributed by atoms with Crippen LogP contribution in [0.4, 0.5) is 0 Å². The minimum absolute atomic E-state index is 0.0285. The first-order chi connectivity index (χ1) is 14.2. The Morgan fingerprint density at radius 3 is 2.60 bits per heavy atom. The predicted octanol–water partition coefficient (Wildman–Crippen LogP) is 3.46. The summed E-state index contributed by atoms with van der Waals surface area (Å²) >= 11 is 0. The van der Waals surface area contributed by atoms with E-state index < -0.39 is 5.63 Å². The molecule has 1 amide bonds. The zero-order valence-corrected chi connectivity index (χ0v) is 18.7. The van der Waals surface area contributed by atoms with Crippen molar-refractivity contribution >= 4 is 16.9 Å². The van der Waals surface area contributed by atoms with Crippen LogP contribution in [0.3, 0.4) is 0 Å². The summed E-state index contributed by atoms with van der Waals surface area (Å²) in [6.07, 6.45) is 1.92. The number of hydrogen-bond acceptors (Lipinski definition) is 5. The molecule has 6 nitrogen and oxygen atoms in total. The lowest BCUT2D eigenvalue weighted by Gasteiger charge is -2.35. The van der Waals surface area contributed by atoms with Gasteiger partial charge in [0.25, 0.3) is 0 Å². The molecule has 1 aromatic heterocycles. The topological polar surface area (TPSA) is 63.0 Å². The Morgan fingerprint density at radius 2 is 1.97 bits per heavy atom. The van der Waals surface area contributed by atoms with E-state index in [1.807, 2.05) is 40.0 Å². The molecule has 2 aromatic rings. The van der Waals surface area contributed by atoms with Gasteiger partial charge in [-0.05, 0) is 82.6 Å². The van der Waals surface area contributed by atoms with E-state index in [9.17, 15) is 9.59 Å². The van der Waals surface area contributed by atoms with Crippen LogP contribution in [-0.4, -0.2) is 55.5 Å². The van der Waals surface area contributed by atoms with Gasteiger partial charge >= 0.3 is 5.63 Å². The molecule has 0 aliphatic carbocycles. The molecule has 30 heavy (non-hydrogen) atoms. The van der Waals surface area contributed by atoms with Crippen LogP contribution >= 0.6 is 0 Å². The number of ether oxygens (including phenoxy) is 1. The first-order valence-corrected chi connectivity index (χ1v) is 10.5. The normalized spacial score (nSPS) is 15.4. The van der Waals surface area contributed by atoms with E-state index in [0.717, 1.165) is 48.0 Å². The first kappa shape index (κ1) is 22.1. The molecule has 0 spiro atoms. The van der Waals surface area contributed by atoms with Crippen LogP contribution in [0.15, 0.2) is 33.5 Å². The van der Waals surface area contributed by atoms with Crippen molar-refractivity contribution in [3.63, 3.8) is 0 Å². The average molecular weight is 413 g/mol. The van der Waals surface area contributed by atoms with Crippen LogP contribution in [0.5, 0.6) is 5.75 Å². The van der Waals surface area contributed by atoms with Crippen molar-refractivity contribution in [3.8, 4) is 5.75 Å². The van der Waals surface area contributed by atoms with Gasteiger partial charge in [0.15, 0.2) is 0 Å². The molecule has 0 atom stereocenters. The lowest BCUT2D eigenvalue weighted by molar-refractivity contribution is -0.132. The highest BCUT2D eigenvalue weighted by Gasteiger charge is 2.26. The number of aryl methyl sites for hydroxylation is 2. The molecule has 0 bridgehead atoms. The van der Waals surface area contributed by atoms with Crippen molar-refractivity contribution in [1.82, 2.24) is 9.80 Å². The number of likely N-dealkylation sites (tertiary alicyclic amines) is 1. The Kier molecular flexibility index (Phi) is 6.66. The van der Waals surface area contributed by atoms with Crippen molar-refractivity contribution in [2.75, 3.05) is 33.8 Å². The molecule has 3 rings (SSSR count). The van der Waals surface area contributed by atoms with Crippen molar-refractivity contribution in [3.05, 3.63) is 51.4 Å². The van der Waals surface area contributed by atoms with Gasteiger partial charge in [0, 0.05) is 13.1 Å². The number of nitrogens with zero attached hydrogens (tertiary/aromatic N) is 2. The summed E-state index contributed by atoms with van der Waals surface area (Å²) < 4.78 is 11.5. The molecule has 1 saturated heterocycles. The van der Waals surface area contributed by atoms with E-state index in [4.69, 9.17) is 9.15 Å². The zero-order valence-electron chi connectivity index (χ0n) is 18.7. The monoisotopic (exact) mass is 412 g/mol. The minimum atomic E-state index is -0.457. The SMILES string of the molecule is C=C(C)COc1cc(C)cc2oc(=O)c(CC(=O)N(C)C3CCN(C)CC3)c(C)c12. The third-order valence-corrected chi connectivity index (χ3v) is 5.92. The Balaban J connectivity index is 1.92. The maximum absolute atomic E-state index is 13.0. The fourth-order valence-electron chi connectivity index (χ4n) is 4.02. The van der Waals surface area contributed by atoms with Crippen LogP contribution in [0.1, 0.15) is 36.5 Å². The number of amides is 1. The van der Waals surface area contributed by atoms with Crippen LogP contribution in [0.25, 0.3) is 11.0 Å². The molecule has 0 N–H and O–H groups in total. The fourth-order valence-corrected chi connectivity index (χ4v) is 4.02. The second-order valence-electron chi connectivity index (χ2n) is 8.59. The Hall–Kier alpha value is -2.60. The maximum atomic E-state index is 13.0. The zero-order chi connectivity index (χ0) is 22.0. The van der Waals surface area contributed by atoms with Crippen molar-refractivity contribution in [2.45, 2.75) is 46.1 Å². The van der Waals surface area contributed by atoms with E-state index >= 15 is 0 Å². The lowest BCUT2D eigenvalue weighted by Crippen LogP contribution is -2.45. The molecule has 1 fully saturated rings. The molecule has 162 valence electrons. The molecule has 0 unspecified atom stereocenters. The summed E-state index contributed by atoms with van der Waals surface area (Å²) in [5.41, 5.74) is 3.00. The van der Waals surface area contributed by atoms with Crippen molar-refractivity contribution < 1.29 is 13.9 Å². The minimum Gasteiger partial charge on any atom is -0.488 e.